The van der Waals surface area contributed by atoms with Crippen molar-refractivity contribution in [2.45, 2.75) is 31.8 Å². The molecule has 0 bridgehead atoms. The molecule has 0 saturated carbocycles. The maximum atomic E-state index is 12.0. The van der Waals surface area contributed by atoms with Crippen molar-refractivity contribution in [2.75, 3.05) is 6.61 Å². The lowest BCUT2D eigenvalue weighted by Crippen LogP contribution is -2.42. The minimum absolute atomic E-state index is 0.669. The maximum absolute atomic E-state index is 12.0. The average Bonchev–Trinajstić information content (AvgIpc) is 2.75. The van der Waals surface area contributed by atoms with Crippen LogP contribution in [0.2, 0.25) is 0 Å². The molecule has 2 heterocycles. The van der Waals surface area contributed by atoms with E-state index in [-0.39, 0.29) is 0 Å². The van der Waals surface area contributed by atoms with Crippen LogP contribution in [-0.2, 0) is 31.6 Å². The Hall–Kier alpha value is -0.990. The van der Waals surface area contributed by atoms with E-state index in [0.29, 0.717) is 0 Å². The summed E-state index contributed by atoms with van der Waals surface area (Å²) in [4.78, 5) is 60.8. The first-order valence-electron chi connectivity index (χ1n) is 7.90. The van der Waals surface area contributed by atoms with Gasteiger partial charge in [0.1, 0.15) is 11.8 Å². The molecule has 0 amide bonds. The van der Waals surface area contributed by atoms with E-state index in [1.807, 2.05) is 4.98 Å². The van der Waals surface area contributed by atoms with Crippen molar-refractivity contribution in [2.24, 2.45) is 5.92 Å². The van der Waals surface area contributed by atoms with Crippen molar-refractivity contribution < 1.29 is 56.3 Å². The number of H-pyrrole nitrogens is 1. The Balaban J connectivity index is 2.15. The standard InChI is InChI=1S/C11H19N2O14P3/c1-6-8(15)11(2,25-9(6)13-4-3-7(14)12-10(13)16)5-24-29(20,21)27-30(22,23)26-28(17,18)19/h3-4,6,8-9,15H,5H2,1-2H3,(H,20,21)(H,22,23)(H,12,14,16)(H2,17,18,19). The van der Waals surface area contributed by atoms with Gasteiger partial charge < -0.3 is 29.4 Å². The zero-order valence-electron chi connectivity index (χ0n) is 15.3. The van der Waals surface area contributed by atoms with Crippen LogP contribution in [0.4, 0.5) is 0 Å². The minimum Gasteiger partial charge on any atom is -0.390 e. The molecule has 16 nitrogen and oxygen atoms in total. The Kier molecular flexibility index (Phi) is 7.17. The molecule has 1 fully saturated rings. The van der Waals surface area contributed by atoms with E-state index in [9.17, 15) is 33.3 Å². The highest BCUT2D eigenvalue weighted by atomic mass is 31.3. The lowest BCUT2D eigenvalue weighted by molar-refractivity contribution is -0.115. The molecule has 0 radical (unpaired) electrons. The fraction of sp³-hybridized carbons (Fsp3) is 0.636. The monoisotopic (exact) mass is 496 g/mol. The SMILES string of the molecule is CC1C(n2ccc(=O)[nH]c2=O)OC(C)(COP(=O)(O)OP(=O)(O)OP(=O)(O)O)C1O. The van der Waals surface area contributed by atoms with Crippen molar-refractivity contribution >= 4 is 23.5 Å². The molecule has 1 aromatic rings. The van der Waals surface area contributed by atoms with Crippen molar-refractivity contribution in [3.8, 4) is 0 Å². The number of ether oxygens (including phenoxy) is 1. The number of aliphatic hydroxyl groups excluding tert-OH is 1. The Morgan fingerprint density at radius 1 is 1.17 bits per heavy atom. The van der Waals surface area contributed by atoms with Gasteiger partial charge in [0.05, 0.1) is 12.7 Å². The van der Waals surface area contributed by atoms with E-state index in [1.54, 1.807) is 0 Å². The number of nitrogens with one attached hydrogen (secondary N) is 1. The highest BCUT2D eigenvalue weighted by Crippen LogP contribution is 2.66. The topological polar surface area (TPSA) is 244 Å². The Labute approximate surface area is 167 Å². The number of nitrogens with zero attached hydrogens (tertiary/aromatic N) is 1. The van der Waals surface area contributed by atoms with Gasteiger partial charge in [-0.3, -0.25) is 18.9 Å². The number of aromatic nitrogens is 2. The number of aromatic amines is 1. The third-order valence-corrected chi connectivity index (χ3v) is 7.80. The van der Waals surface area contributed by atoms with Crippen LogP contribution in [0.1, 0.15) is 20.1 Å². The molecule has 172 valence electrons. The van der Waals surface area contributed by atoms with Crippen LogP contribution in [0.15, 0.2) is 21.9 Å². The van der Waals surface area contributed by atoms with E-state index in [1.165, 1.54) is 13.8 Å². The van der Waals surface area contributed by atoms with Crippen LogP contribution in [0.5, 0.6) is 0 Å². The second-order valence-electron chi connectivity index (χ2n) is 6.51. The molecule has 6 unspecified atom stereocenters. The molecule has 2 rings (SSSR count). The van der Waals surface area contributed by atoms with Gasteiger partial charge in [0, 0.05) is 18.2 Å². The lowest BCUT2D eigenvalue weighted by Gasteiger charge is -2.28. The second kappa shape index (κ2) is 8.51. The van der Waals surface area contributed by atoms with Crippen molar-refractivity contribution in [1.82, 2.24) is 9.55 Å². The van der Waals surface area contributed by atoms with E-state index in [0.717, 1.165) is 16.8 Å². The summed E-state index contributed by atoms with van der Waals surface area (Å²) in [5.74, 6) is -0.789. The van der Waals surface area contributed by atoms with E-state index in [2.05, 4.69) is 13.1 Å². The highest BCUT2D eigenvalue weighted by Gasteiger charge is 2.52. The van der Waals surface area contributed by atoms with Gasteiger partial charge in [-0.1, -0.05) is 6.92 Å². The number of phosphoric acid groups is 3. The lowest BCUT2D eigenvalue weighted by atomic mass is 9.93. The summed E-state index contributed by atoms with van der Waals surface area (Å²) in [5.41, 5.74) is -3.26. The molecule has 1 aromatic heterocycles. The first-order valence-corrected chi connectivity index (χ1v) is 12.4. The Morgan fingerprint density at radius 2 is 1.77 bits per heavy atom. The molecule has 6 N–H and O–H groups in total. The molecule has 1 aliphatic rings. The van der Waals surface area contributed by atoms with E-state index in [4.69, 9.17) is 19.4 Å². The molecular formula is C11H19N2O14P3. The molecule has 1 saturated heterocycles. The third kappa shape index (κ3) is 6.26. The van der Waals surface area contributed by atoms with Gasteiger partial charge in [-0.25, -0.2) is 18.5 Å². The largest absolute Gasteiger partial charge is 0.490 e. The number of hydrogen-bond acceptors (Lipinski definition) is 10. The Bertz CT molecular complexity index is 1050. The number of hydrogen-bond donors (Lipinski definition) is 6. The molecule has 0 spiro atoms. The highest BCUT2D eigenvalue weighted by molar-refractivity contribution is 7.66. The fourth-order valence-electron chi connectivity index (χ4n) is 2.74. The summed E-state index contributed by atoms with van der Waals surface area (Å²) in [6, 6.07) is 1.03. The summed E-state index contributed by atoms with van der Waals surface area (Å²) < 4.78 is 52.1. The number of rotatable bonds is 8. The molecule has 30 heavy (non-hydrogen) atoms. The van der Waals surface area contributed by atoms with Crippen LogP contribution in [-0.4, -0.2) is 52.5 Å². The minimum atomic E-state index is -5.70. The van der Waals surface area contributed by atoms with E-state index < -0.39 is 65.2 Å². The summed E-state index contributed by atoms with van der Waals surface area (Å²) >= 11 is 0. The van der Waals surface area contributed by atoms with Gasteiger partial charge in [-0.05, 0) is 6.92 Å². The molecule has 0 aliphatic carbocycles. The molecule has 19 heteroatoms. The van der Waals surface area contributed by atoms with Gasteiger partial charge >= 0.3 is 29.2 Å². The first-order chi connectivity index (χ1) is 13.4. The van der Waals surface area contributed by atoms with Crippen molar-refractivity contribution in [3.05, 3.63) is 33.1 Å². The summed E-state index contributed by atoms with van der Waals surface area (Å²) in [6.45, 7) is 1.79. The van der Waals surface area contributed by atoms with Crippen LogP contribution in [0, 0.1) is 5.92 Å². The molecule has 6 atom stereocenters. The molecular weight excluding hydrogens is 477 g/mol. The Morgan fingerprint density at radius 3 is 2.30 bits per heavy atom. The number of phosphoric ester groups is 1. The second-order valence-corrected chi connectivity index (χ2v) is 10.9. The summed E-state index contributed by atoms with van der Waals surface area (Å²) in [7, 11) is -16.7. The fourth-order valence-corrected chi connectivity index (χ4v) is 5.85. The van der Waals surface area contributed by atoms with Crippen molar-refractivity contribution in [3.63, 3.8) is 0 Å². The van der Waals surface area contributed by atoms with Gasteiger partial charge in [0.2, 0.25) is 0 Å². The smallest absolute Gasteiger partial charge is 0.390 e. The summed E-state index contributed by atoms with van der Waals surface area (Å²) in [6.07, 6.45) is -1.41. The van der Waals surface area contributed by atoms with Crippen molar-refractivity contribution in [1.29, 1.82) is 0 Å². The number of aliphatic hydroxyl groups is 1. The van der Waals surface area contributed by atoms with Gasteiger partial charge in [-0.15, -0.1) is 0 Å². The predicted octanol–water partition coefficient (Wildman–Crippen LogP) is -0.836. The zero-order valence-corrected chi connectivity index (χ0v) is 18.0. The van der Waals surface area contributed by atoms with Crippen LogP contribution in [0.25, 0.3) is 0 Å². The quantitative estimate of drug-likeness (QED) is 0.241. The van der Waals surface area contributed by atoms with Crippen LogP contribution < -0.4 is 11.2 Å². The third-order valence-electron chi connectivity index (χ3n) is 4.02. The zero-order chi connectivity index (χ0) is 23.1. The predicted molar refractivity (Wildman–Crippen MR) is 94.8 cm³/mol. The molecule has 1 aliphatic heterocycles. The molecule has 0 aromatic carbocycles. The van der Waals surface area contributed by atoms with Gasteiger partial charge in [-0.2, -0.15) is 8.62 Å². The van der Waals surface area contributed by atoms with Gasteiger partial charge in [0.25, 0.3) is 5.56 Å². The summed E-state index contributed by atoms with van der Waals surface area (Å²) in [5, 5.41) is 10.4. The van der Waals surface area contributed by atoms with E-state index >= 15 is 0 Å². The maximum Gasteiger partial charge on any atom is 0.490 e. The first kappa shape index (κ1) is 25.3. The van der Waals surface area contributed by atoms with Gasteiger partial charge in [0.15, 0.2) is 0 Å². The average molecular weight is 496 g/mol. The van der Waals surface area contributed by atoms with Crippen LogP contribution >= 0.6 is 23.5 Å². The van der Waals surface area contributed by atoms with Crippen LogP contribution in [0.3, 0.4) is 0 Å². The normalized spacial score (nSPS) is 31.2.